The standard InChI is InChI=1S/C16H18O3/c1-11-8-12(4-5-13(11)10-17)15-7-6-14(18-2)9-16(15)19-3/h4-9,17H,10H2,1-3H3. The van der Waals surface area contributed by atoms with E-state index >= 15 is 0 Å². The first kappa shape index (κ1) is 13.4. The summed E-state index contributed by atoms with van der Waals surface area (Å²) in [5.41, 5.74) is 4.08. The molecule has 0 saturated carbocycles. The minimum Gasteiger partial charge on any atom is -0.497 e. The summed E-state index contributed by atoms with van der Waals surface area (Å²) in [5, 5.41) is 9.21. The van der Waals surface area contributed by atoms with Crippen LogP contribution >= 0.6 is 0 Å². The summed E-state index contributed by atoms with van der Waals surface area (Å²) in [6.45, 7) is 2.05. The van der Waals surface area contributed by atoms with E-state index in [0.717, 1.165) is 33.8 Å². The van der Waals surface area contributed by atoms with Gasteiger partial charge in [-0.15, -0.1) is 0 Å². The molecule has 0 atom stereocenters. The van der Waals surface area contributed by atoms with Gasteiger partial charge in [-0.25, -0.2) is 0 Å². The largest absolute Gasteiger partial charge is 0.497 e. The zero-order chi connectivity index (χ0) is 13.8. The molecular formula is C16H18O3. The predicted octanol–water partition coefficient (Wildman–Crippen LogP) is 3.17. The number of hydrogen-bond acceptors (Lipinski definition) is 3. The van der Waals surface area contributed by atoms with Gasteiger partial charge in [0.2, 0.25) is 0 Å². The third kappa shape index (κ3) is 2.71. The Hall–Kier alpha value is -2.00. The second kappa shape index (κ2) is 5.76. The van der Waals surface area contributed by atoms with E-state index < -0.39 is 0 Å². The molecule has 0 bridgehead atoms. The number of aliphatic hydroxyl groups is 1. The molecule has 100 valence electrons. The average molecular weight is 258 g/mol. The first-order valence-electron chi connectivity index (χ1n) is 6.12. The van der Waals surface area contributed by atoms with Gasteiger partial charge >= 0.3 is 0 Å². The van der Waals surface area contributed by atoms with Crippen LogP contribution in [0.1, 0.15) is 11.1 Å². The molecule has 0 heterocycles. The van der Waals surface area contributed by atoms with Gasteiger partial charge in [-0.2, -0.15) is 0 Å². The van der Waals surface area contributed by atoms with Crippen molar-refractivity contribution in [2.45, 2.75) is 13.5 Å². The lowest BCUT2D eigenvalue weighted by Crippen LogP contribution is -1.93. The minimum absolute atomic E-state index is 0.0614. The Morgan fingerprint density at radius 3 is 2.37 bits per heavy atom. The van der Waals surface area contributed by atoms with Gasteiger partial charge in [0.05, 0.1) is 20.8 Å². The van der Waals surface area contributed by atoms with Crippen LogP contribution in [0.3, 0.4) is 0 Å². The molecule has 0 unspecified atom stereocenters. The lowest BCUT2D eigenvalue weighted by Gasteiger charge is -2.12. The van der Waals surface area contributed by atoms with Gasteiger partial charge in [0.15, 0.2) is 0 Å². The summed E-state index contributed by atoms with van der Waals surface area (Å²) in [6.07, 6.45) is 0. The fourth-order valence-corrected chi connectivity index (χ4v) is 2.08. The minimum atomic E-state index is 0.0614. The van der Waals surface area contributed by atoms with Gasteiger partial charge in [0, 0.05) is 11.6 Å². The van der Waals surface area contributed by atoms with Crippen molar-refractivity contribution < 1.29 is 14.6 Å². The third-order valence-electron chi connectivity index (χ3n) is 3.23. The van der Waals surface area contributed by atoms with Gasteiger partial charge < -0.3 is 14.6 Å². The first-order valence-corrected chi connectivity index (χ1v) is 6.12. The van der Waals surface area contributed by atoms with Gasteiger partial charge in [-0.05, 0) is 35.7 Å². The smallest absolute Gasteiger partial charge is 0.130 e. The molecule has 0 spiro atoms. The Labute approximate surface area is 113 Å². The van der Waals surface area contributed by atoms with Gasteiger partial charge in [0.25, 0.3) is 0 Å². The molecule has 2 rings (SSSR count). The van der Waals surface area contributed by atoms with E-state index in [1.54, 1.807) is 14.2 Å². The summed E-state index contributed by atoms with van der Waals surface area (Å²) in [6, 6.07) is 11.7. The van der Waals surface area contributed by atoms with E-state index in [1.807, 2.05) is 37.3 Å². The highest BCUT2D eigenvalue weighted by molar-refractivity contribution is 5.72. The monoisotopic (exact) mass is 258 g/mol. The maximum absolute atomic E-state index is 9.21. The summed E-state index contributed by atoms with van der Waals surface area (Å²) in [7, 11) is 3.28. The Kier molecular flexibility index (Phi) is 4.07. The normalized spacial score (nSPS) is 10.3. The van der Waals surface area contributed by atoms with Gasteiger partial charge in [-0.3, -0.25) is 0 Å². The van der Waals surface area contributed by atoms with Crippen molar-refractivity contribution in [1.82, 2.24) is 0 Å². The Morgan fingerprint density at radius 2 is 1.79 bits per heavy atom. The molecule has 2 aromatic carbocycles. The zero-order valence-electron chi connectivity index (χ0n) is 11.4. The first-order chi connectivity index (χ1) is 9.19. The van der Waals surface area contributed by atoms with Crippen LogP contribution in [0.5, 0.6) is 11.5 Å². The molecule has 1 N–H and O–H groups in total. The molecule has 0 radical (unpaired) electrons. The van der Waals surface area contributed by atoms with Gasteiger partial charge in [-0.1, -0.05) is 18.2 Å². The number of benzene rings is 2. The fourth-order valence-electron chi connectivity index (χ4n) is 2.08. The highest BCUT2D eigenvalue weighted by Gasteiger charge is 2.08. The quantitative estimate of drug-likeness (QED) is 0.915. The van der Waals surface area contributed by atoms with Crippen molar-refractivity contribution in [1.29, 1.82) is 0 Å². The molecule has 3 heteroatoms. The lowest BCUT2D eigenvalue weighted by molar-refractivity contribution is 0.281. The second-order valence-corrected chi connectivity index (χ2v) is 4.37. The van der Waals surface area contributed by atoms with Crippen LogP contribution in [0, 0.1) is 6.92 Å². The molecule has 19 heavy (non-hydrogen) atoms. The second-order valence-electron chi connectivity index (χ2n) is 4.37. The highest BCUT2D eigenvalue weighted by Crippen LogP contribution is 2.34. The van der Waals surface area contributed by atoms with Crippen LogP contribution in [0.25, 0.3) is 11.1 Å². The van der Waals surface area contributed by atoms with E-state index in [9.17, 15) is 5.11 Å². The molecule has 0 aromatic heterocycles. The third-order valence-corrected chi connectivity index (χ3v) is 3.23. The van der Waals surface area contributed by atoms with Crippen molar-refractivity contribution in [3.8, 4) is 22.6 Å². The van der Waals surface area contributed by atoms with Crippen LogP contribution in [-0.4, -0.2) is 19.3 Å². The Morgan fingerprint density at radius 1 is 1.00 bits per heavy atom. The molecule has 0 fully saturated rings. The van der Waals surface area contributed by atoms with Crippen LogP contribution < -0.4 is 9.47 Å². The highest BCUT2D eigenvalue weighted by atomic mass is 16.5. The van der Waals surface area contributed by atoms with E-state index in [1.165, 1.54) is 0 Å². The number of aliphatic hydroxyl groups excluding tert-OH is 1. The van der Waals surface area contributed by atoms with Crippen LogP contribution in [-0.2, 0) is 6.61 Å². The Balaban J connectivity index is 2.49. The average Bonchev–Trinajstić information content (AvgIpc) is 2.46. The summed E-state index contributed by atoms with van der Waals surface area (Å²) in [4.78, 5) is 0. The molecule has 2 aromatic rings. The number of aryl methyl sites for hydroxylation is 1. The topological polar surface area (TPSA) is 38.7 Å². The lowest BCUT2D eigenvalue weighted by atomic mass is 9.99. The fraction of sp³-hybridized carbons (Fsp3) is 0.250. The maximum atomic E-state index is 9.21. The number of rotatable bonds is 4. The summed E-state index contributed by atoms with van der Waals surface area (Å²) >= 11 is 0. The van der Waals surface area contributed by atoms with E-state index in [0.29, 0.717) is 0 Å². The molecule has 0 aliphatic rings. The van der Waals surface area contributed by atoms with E-state index in [4.69, 9.17) is 9.47 Å². The predicted molar refractivity (Wildman–Crippen MR) is 75.6 cm³/mol. The Bertz CT molecular complexity index is 576. The van der Waals surface area contributed by atoms with E-state index in [2.05, 4.69) is 6.07 Å². The van der Waals surface area contributed by atoms with Crippen molar-refractivity contribution in [3.63, 3.8) is 0 Å². The van der Waals surface area contributed by atoms with Crippen LogP contribution in [0.2, 0.25) is 0 Å². The molecule has 3 nitrogen and oxygen atoms in total. The van der Waals surface area contributed by atoms with Crippen molar-refractivity contribution in [2.75, 3.05) is 14.2 Å². The van der Waals surface area contributed by atoms with Crippen molar-refractivity contribution in [3.05, 3.63) is 47.5 Å². The molecule has 0 aliphatic carbocycles. The number of ether oxygens (including phenoxy) is 2. The van der Waals surface area contributed by atoms with Crippen LogP contribution in [0.4, 0.5) is 0 Å². The molecule has 0 saturated heterocycles. The van der Waals surface area contributed by atoms with Crippen LogP contribution in [0.15, 0.2) is 36.4 Å². The number of methoxy groups -OCH3 is 2. The molecular weight excluding hydrogens is 240 g/mol. The maximum Gasteiger partial charge on any atom is 0.130 e. The molecule has 0 aliphatic heterocycles. The number of hydrogen-bond donors (Lipinski definition) is 1. The van der Waals surface area contributed by atoms with E-state index in [-0.39, 0.29) is 6.61 Å². The summed E-state index contributed by atoms with van der Waals surface area (Å²) in [5.74, 6) is 1.54. The SMILES string of the molecule is COc1ccc(-c2ccc(CO)c(C)c2)c(OC)c1. The van der Waals surface area contributed by atoms with Crippen molar-refractivity contribution >= 4 is 0 Å². The van der Waals surface area contributed by atoms with Gasteiger partial charge in [0.1, 0.15) is 11.5 Å². The molecule has 0 amide bonds. The summed E-state index contributed by atoms with van der Waals surface area (Å²) < 4.78 is 10.6. The van der Waals surface area contributed by atoms with Crippen molar-refractivity contribution in [2.24, 2.45) is 0 Å². The zero-order valence-corrected chi connectivity index (χ0v) is 11.4.